The number of hydrogen-bond donors (Lipinski definition) is 1. The summed E-state index contributed by atoms with van der Waals surface area (Å²) in [6.45, 7) is 1.49. The summed E-state index contributed by atoms with van der Waals surface area (Å²) in [5.74, 6) is -0.732. The van der Waals surface area contributed by atoms with Crippen molar-refractivity contribution in [2.45, 2.75) is 13.0 Å². The summed E-state index contributed by atoms with van der Waals surface area (Å²) in [5.41, 5.74) is 1.18. The minimum atomic E-state index is -0.647. The van der Waals surface area contributed by atoms with Crippen molar-refractivity contribution in [2.24, 2.45) is 0 Å². The van der Waals surface area contributed by atoms with E-state index in [9.17, 15) is 9.59 Å². The van der Waals surface area contributed by atoms with Crippen LogP contribution in [0, 0.1) is 0 Å². The lowest BCUT2D eigenvalue weighted by Crippen LogP contribution is -2.31. The molecule has 0 saturated heterocycles. The topological polar surface area (TPSA) is 64.6 Å². The van der Waals surface area contributed by atoms with E-state index in [1.54, 1.807) is 6.07 Å². The highest BCUT2D eigenvalue weighted by molar-refractivity contribution is 6.30. The fourth-order valence-electron chi connectivity index (χ4n) is 2.15. The Bertz CT molecular complexity index is 718. The number of hydrogen-bond acceptors (Lipinski definition) is 4. The van der Waals surface area contributed by atoms with Gasteiger partial charge in [0, 0.05) is 5.02 Å². The van der Waals surface area contributed by atoms with Gasteiger partial charge in [-0.15, -0.1) is 0 Å². The first-order valence-corrected chi connectivity index (χ1v) is 7.74. The molecule has 6 heteroatoms. The molecule has 1 N–H and O–H groups in total. The molecule has 2 aromatic rings. The molecule has 0 spiro atoms. The van der Waals surface area contributed by atoms with Crippen LogP contribution in [0.2, 0.25) is 5.02 Å². The normalized spacial score (nSPS) is 11.5. The Morgan fingerprint density at radius 3 is 2.54 bits per heavy atom. The predicted molar refractivity (Wildman–Crippen MR) is 91.3 cm³/mol. The Balaban J connectivity index is 1.91. The molecule has 0 unspecified atom stereocenters. The molecule has 24 heavy (non-hydrogen) atoms. The SMILES string of the molecule is COc1cc(Cl)ccc1C(=O)OCC(=O)N[C@@H](C)c1ccccc1. The number of amides is 1. The van der Waals surface area contributed by atoms with Gasteiger partial charge in [0.05, 0.1) is 13.2 Å². The van der Waals surface area contributed by atoms with Gasteiger partial charge in [-0.1, -0.05) is 41.9 Å². The molecule has 5 nitrogen and oxygen atoms in total. The van der Waals surface area contributed by atoms with Crippen molar-refractivity contribution < 1.29 is 19.1 Å². The predicted octanol–water partition coefficient (Wildman–Crippen LogP) is 3.38. The largest absolute Gasteiger partial charge is 0.496 e. The number of esters is 1. The van der Waals surface area contributed by atoms with E-state index in [1.165, 1.54) is 19.2 Å². The van der Waals surface area contributed by atoms with Crippen LogP contribution in [0.25, 0.3) is 0 Å². The minimum Gasteiger partial charge on any atom is -0.496 e. The van der Waals surface area contributed by atoms with Crippen molar-refractivity contribution in [3.05, 3.63) is 64.7 Å². The molecule has 0 saturated carbocycles. The lowest BCUT2D eigenvalue weighted by Gasteiger charge is -2.14. The molecule has 126 valence electrons. The first-order valence-electron chi connectivity index (χ1n) is 7.36. The van der Waals surface area contributed by atoms with Crippen LogP contribution < -0.4 is 10.1 Å². The summed E-state index contributed by atoms with van der Waals surface area (Å²) in [5, 5.41) is 3.21. The van der Waals surface area contributed by atoms with Gasteiger partial charge < -0.3 is 14.8 Å². The Kier molecular flexibility index (Phi) is 6.21. The minimum absolute atomic E-state index is 0.178. The van der Waals surface area contributed by atoms with Crippen LogP contribution in [-0.2, 0) is 9.53 Å². The van der Waals surface area contributed by atoms with Gasteiger partial charge in [-0.05, 0) is 30.7 Å². The molecule has 2 aromatic carbocycles. The van der Waals surface area contributed by atoms with E-state index < -0.39 is 5.97 Å². The van der Waals surface area contributed by atoms with Gasteiger partial charge in [-0.3, -0.25) is 4.79 Å². The standard InChI is InChI=1S/C18H18ClNO4/c1-12(13-6-4-3-5-7-13)20-17(21)11-24-18(22)15-9-8-14(19)10-16(15)23-2/h3-10,12H,11H2,1-2H3,(H,20,21)/t12-/m0/s1. The van der Waals surface area contributed by atoms with Gasteiger partial charge in [0.2, 0.25) is 0 Å². The van der Waals surface area contributed by atoms with Crippen LogP contribution >= 0.6 is 11.6 Å². The number of carbonyl (C=O) groups is 2. The van der Waals surface area contributed by atoms with Crippen LogP contribution in [0.15, 0.2) is 48.5 Å². The van der Waals surface area contributed by atoms with E-state index in [1.807, 2.05) is 37.3 Å². The highest BCUT2D eigenvalue weighted by atomic mass is 35.5. The van der Waals surface area contributed by atoms with Gasteiger partial charge >= 0.3 is 5.97 Å². The molecule has 0 aliphatic heterocycles. The van der Waals surface area contributed by atoms with E-state index in [2.05, 4.69) is 5.32 Å². The van der Waals surface area contributed by atoms with Crippen molar-refractivity contribution >= 4 is 23.5 Å². The fourth-order valence-corrected chi connectivity index (χ4v) is 2.31. The molecular weight excluding hydrogens is 330 g/mol. The average molecular weight is 348 g/mol. The van der Waals surface area contributed by atoms with E-state index in [-0.39, 0.29) is 24.1 Å². The van der Waals surface area contributed by atoms with Crippen LogP contribution in [0.5, 0.6) is 5.75 Å². The second-order valence-electron chi connectivity index (χ2n) is 5.12. The molecule has 1 atom stereocenters. The Morgan fingerprint density at radius 2 is 1.88 bits per heavy atom. The number of carbonyl (C=O) groups excluding carboxylic acids is 2. The molecule has 1 amide bonds. The highest BCUT2D eigenvalue weighted by Crippen LogP contribution is 2.23. The zero-order chi connectivity index (χ0) is 17.5. The second kappa shape index (κ2) is 8.36. The monoisotopic (exact) mass is 347 g/mol. The molecule has 0 fully saturated rings. The molecular formula is C18H18ClNO4. The Morgan fingerprint density at radius 1 is 1.17 bits per heavy atom. The van der Waals surface area contributed by atoms with E-state index >= 15 is 0 Å². The van der Waals surface area contributed by atoms with Gasteiger partial charge in [-0.25, -0.2) is 4.79 Å². The second-order valence-corrected chi connectivity index (χ2v) is 5.56. The van der Waals surface area contributed by atoms with Crippen molar-refractivity contribution in [3.63, 3.8) is 0 Å². The van der Waals surface area contributed by atoms with Crippen molar-refractivity contribution in [1.29, 1.82) is 0 Å². The van der Waals surface area contributed by atoms with Gasteiger partial charge in [-0.2, -0.15) is 0 Å². The van der Waals surface area contributed by atoms with Gasteiger partial charge in [0.15, 0.2) is 6.61 Å². The maximum atomic E-state index is 12.1. The van der Waals surface area contributed by atoms with E-state index in [0.717, 1.165) is 5.56 Å². The zero-order valence-electron chi connectivity index (χ0n) is 13.4. The summed E-state index contributed by atoms with van der Waals surface area (Å²) in [6.07, 6.45) is 0. The van der Waals surface area contributed by atoms with E-state index in [4.69, 9.17) is 21.1 Å². The molecule has 0 aliphatic rings. The summed E-state index contributed by atoms with van der Waals surface area (Å²) in [7, 11) is 1.43. The molecule has 0 aromatic heterocycles. The average Bonchev–Trinajstić information content (AvgIpc) is 2.60. The Hall–Kier alpha value is -2.53. The summed E-state index contributed by atoms with van der Waals surface area (Å²) >= 11 is 5.85. The van der Waals surface area contributed by atoms with E-state index in [0.29, 0.717) is 10.8 Å². The number of ether oxygens (including phenoxy) is 2. The number of halogens is 1. The molecule has 0 heterocycles. The van der Waals surface area contributed by atoms with Crippen molar-refractivity contribution in [1.82, 2.24) is 5.32 Å². The maximum Gasteiger partial charge on any atom is 0.342 e. The number of rotatable bonds is 6. The van der Waals surface area contributed by atoms with Gasteiger partial charge in [0.1, 0.15) is 11.3 Å². The number of methoxy groups -OCH3 is 1. The highest BCUT2D eigenvalue weighted by Gasteiger charge is 2.16. The first-order chi connectivity index (χ1) is 11.5. The summed E-state index contributed by atoms with van der Waals surface area (Å²) in [6, 6.07) is 13.9. The Labute approximate surface area is 145 Å². The summed E-state index contributed by atoms with van der Waals surface area (Å²) < 4.78 is 10.1. The lowest BCUT2D eigenvalue weighted by molar-refractivity contribution is -0.124. The number of nitrogens with one attached hydrogen (secondary N) is 1. The molecule has 0 aliphatic carbocycles. The quantitative estimate of drug-likeness (QED) is 0.813. The van der Waals surface area contributed by atoms with Crippen LogP contribution in [0.4, 0.5) is 0 Å². The molecule has 0 radical (unpaired) electrons. The fraction of sp³-hybridized carbons (Fsp3) is 0.222. The smallest absolute Gasteiger partial charge is 0.342 e. The third-order valence-corrected chi connectivity index (χ3v) is 3.63. The molecule has 2 rings (SSSR count). The first kappa shape index (κ1) is 17.8. The number of benzene rings is 2. The zero-order valence-corrected chi connectivity index (χ0v) is 14.2. The van der Waals surface area contributed by atoms with Crippen LogP contribution in [0.3, 0.4) is 0 Å². The summed E-state index contributed by atoms with van der Waals surface area (Å²) in [4.78, 5) is 24.0. The van der Waals surface area contributed by atoms with Crippen LogP contribution in [0.1, 0.15) is 28.9 Å². The third kappa shape index (κ3) is 4.73. The molecule has 0 bridgehead atoms. The van der Waals surface area contributed by atoms with Crippen molar-refractivity contribution in [3.8, 4) is 5.75 Å². The van der Waals surface area contributed by atoms with Crippen LogP contribution in [-0.4, -0.2) is 25.6 Å². The van der Waals surface area contributed by atoms with Crippen molar-refractivity contribution in [2.75, 3.05) is 13.7 Å². The lowest BCUT2D eigenvalue weighted by atomic mass is 10.1. The third-order valence-electron chi connectivity index (χ3n) is 3.39. The van der Waals surface area contributed by atoms with Gasteiger partial charge in [0.25, 0.3) is 5.91 Å². The maximum absolute atomic E-state index is 12.1.